The molecule has 0 saturated carbocycles. The van der Waals surface area contributed by atoms with Crippen molar-refractivity contribution in [3.63, 3.8) is 0 Å². The van der Waals surface area contributed by atoms with Crippen molar-refractivity contribution in [1.29, 1.82) is 0 Å². The van der Waals surface area contributed by atoms with Gasteiger partial charge in [-0.25, -0.2) is 5.43 Å². The Balaban J connectivity index is 1.78. The van der Waals surface area contributed by atoms with Crippen LogP contribution in [-0.2, 0) is 4.79 Å². The van der Waals surface area contributed by atoms with Crippen LogP contribution in [0.3, 0.4) is 0 Å². The van der Waals surface area contributed by atoms with Gasteiger partial charge in [-0.05, 0) is 42.8 Å². The minimum atomic E-state index is -0.408. The third-order valence-corrected chi connectivity index (χ3v) is 3.44. The number of allylic oxidation sites excluding steroid dienone is 1. The molecule has 2 aromatic rings. The zero-order valence-corrected chi connectivity index (χ0v) is 14.5. The summed E-state index contributed by atoms with van der Waals surface area (Å²) in [5.74, 6) is -0.758. The minimum Gasteiger partial charge on any atom is -0.343 e. The maximum atomic E-state index is 11.9. The smallest absolute Gasteiger partial charge is 0.259 e. The topological polar surface area (TPSA) is 70.6 Å². The summed E-state index contributed by atoms with van der Waals surface area (Å²) in [6.45, 7) is 1.60. The summed E-state index contributed by atoms with van der Waals surface area (Å²) >= 11 is 5.76. The first-order valence-electron chi connectivity index (χ1n) is 7.64. The summed E-state index contributed by atoms with van der Waals surface area (Å²) < 4.78 is 0. The highest BCUT2D eigenvalue weighted by molar-refractivity contribution is 6.30. The molecule has 6 heteroatoms. The van der Waals surface area contributed by atoms with Crippen LogP contribution < -0.4 is 10.7 Å². The van der Waals surface area contributed by atoms with Crippen molar-refractivity contribution in [2.75, 3.05) is 6.54 Å². The second kappa shape index (κ2) is 9.39. The van der Waals surface area contributed by atoms with E-state index in [0.29, 0.717) is 16.3 Å². The second-order valence-electron chi connectivity index (χ2n) is 5.22. The predicted octanol–water partition coefficient (Wildman–Crippen LogP) is 3.28. The van der Waals surface area contributed by atoms with Crippen LogP contribution in [0.5, 0.6) is 0 Å². The molecule has 0 unspecified atom stereocenters. The number of benzene rings is 2. The highest BCUT2D eigenvalue weighted by Gasteiger charge is 2.07. The number of hydrogen-bond donors (Lipinski definition) is 2. The van der Waals surface area contributed by atoms with E-state index < -0.39 is 5.91 Å². The molecule has 5 nitrogen and oxygen atoms in total. The molecule has 2 N–H and O–H groups in total. The van der Waals surface area contributed by atoms with Crippen molar-refractivity contribution in [3.05, 3.63) is 76.8 Å². The number of rotatable bonds is 6. The number of nitrogens with one attached hydrogen (secondary N) is 2. The Morgan fingerprint density at radius 1 is 1.08 bits per heavy atom. The fourth-order valence-electron chi connectivity index (χ4n) is 1.87. The average molecular weight is 356 g/mol. The molecule has 0 aliphatic carbocycles. The first kappa shape index (κ1) is 18.4. The summed E-state index contributed by atoms with van der Waals surface area (Å²) in [6.07, 6.45) is 3.69. The third-order valence-electron chi connectivity index (χ3n) is 3.19. The van der Waals surface area contributed by atoms with Crippen LogP contribution in [0.15, 0.2) is 65.8 Å². The van der Waals surface area contributed by atoms with Crippen molar-refractivity contribution in [2.24, 2.45) is 5.10 Å². The van der Waals surface area contributed by atoms with E-state index in [4.69, 9.17) is 11.6 Å². The van der Waals surface area contributed by atoms with Gasteiger partial charge >= 0.3 is 0 Å². The van der Waals surface area contributed by atoms with Gasteiger partial charge < -0.3 is 5.32 Å². The Bertz CT molecular complexity index is 784. The molecule has 2 rings (SSSR count). The molecule has 0 aliphatic rings. The van der Waals surface area contributed by atoms with Crippen LogP contribution in [-0.4, -0.2) is 24.1 Å². The minimum absolute atomic E-state index is 0.166. The molecule has 0 fully saturated rings. The largest absolute Gasteiger partial charge is 0.343 e. The summed E-state index contributed by atoms with van der Waals surface area (Å²) in [6, 6.07) is 16.2. The van der Waals surface area contributed by atoms with Crippen molar-refractivity contribution >= 4 is 35.2 Å². The van der Waals surface area contributed by atoms with Gasteiger partial charge in [0.25, 0.3) is 11.8 Å². The number of amides is 2. The number of halogens is 1. The monoisotopic (exact) mass is 355 g/mol. The third kappa shape index (κ3) is 6.61. The zero-order valence-electron chi connectivity index (χ0n) is 13.7. The molecule has 128 valence electrons. The van der Waals surface area contributed by atoms with Gasteiger partial charge in [-0.1, -0.05) is 48.0 Å². The number of hydrogen-bond acceptors (Lipinski definition) is 3. The van der Waals surface area contributed by atoms with Gasteiger partial charge in [-0.3, -0.25) is 9.59 Å². The molecular weight excluding hydrogens is 338 g/mol. The van der Waals surface area contributed by atoms with E-state index in [9.17, 15) is 9.59 Å². The van der Waals surface area contributed by atoms with Gasteiger partial charge in [0.15, 0.2) is 0 Å². The van der Waals surface area contributed by atoms with E-state index in [1.807, 2.05) is 36.4 Å². The van der Waals surface area contributed by atoms with Gasteiger partial charge in [0.1, 0.15) is 0 Å². The average Bonchev–Trinajstić information content (AvgIpc) is 2.64. The van der Waals surface area contributed by atoms with E-state index in [-0.39, 0.29) is 12.5 Å². The Hall–Kier alpha value is -2.92. The van der Waals surface area contributed by atoms with E-state index in [2.05, 4.69) is 15.8 Å². The van der Waals surface area contributed by atoms with Crippen molar-refractivity contribution in [2.45, 2.75) is 6.92 Å². The normalized spacial score (nSPS) is 11.4. The van der Waals surface area contributed by atoms with Gasteiger partial charge in [-0.2, -0.15) is 5.10 Å². The Morgan fingerprint density at radius 3 is 2.44 bits per heavy atom. The molecule has 0 radical (unpaired) electrons. The number of carbonyl (C=O) groups is 2. The molecule has 2 amide bonds. The van der Waals surface area contributed by atoms with Crippen molar-refractivity contribution < 1.29 is 9.59 Å². The number of nitrogens with zero attached hydrogens (tertiary/aromatic N) is 1. The van der Waals surface area contributed by atoms with Crippen LogP contribution >= 0.6 is 11.6 Å². The molecule has 25 heavy (non-hydrogen) atoms. The number of carbonyl (C=O) groups excluding carboxylic acids is 2. The molecule has 0 aliphatic heterocycles. The summed E-state index contributed by atoms with van der Waals surface area (Å²) in [7, 11) is 0. The standard InChI is InChI=1S/C19H18ClN3O2/c1-14(7-8-15-5-3-2-4-6-15)22-23-18(24)13-21-19(25)16-9-11-17(20)12-10-16/h2-12H,13H2,1H3,(H,21,25)(H,23,24). The van der Waals surface area contributed by atoms with Crippen molar-refractivity contribution in [1.82, 2.24) is 10.7 Å². The summed E-state index contributed by atoms with van der Waals surface area (Å²) in [5.41, 5.74) is 4.51. The first-order valence-corrected chi connectivity index (χ1v) is 8.02. The molecule has 0 saturated heterocycles. The summed E-state index contributed by atoms with van der Waals surface area (Å²) in [4.78, 5) is 23.6. The highest BCUT2D eigenvalue weighted by atomic mass is 35.5. The van der Waals surface area contributed by atoms with Crippen molar-refractivity contribution in [3.8, 4) is 0 Å². The van der Waals surface area contributed by atoms with Crippen LogP contribution in [0, 0.1) is 0 Å². The molecular formula is C19H18ClN3O2. The van der Waals surface area contributed by atoms with Gasteiger partial charge in [0.05, 0.1) is 12.3 Å². The van der Waals surface area contributed by atoms with Crippen LogP contribution in [0.2, 0.25) is 5.02 Å². The molecule has 0 heterocycles. The summed E-state index contributed by atoms with van der Waals surface area (Å²) in [5, 5.41) is 7.03. The van der Waals surface area contributed by atoms with E-state index >= 15 is 0 Å². The van der Waals surface area contributed by atoms with E-state index in [0.717, 1.165) is 5.56 Å². The fraction of sp³-hybridized carbons (Fsp3) is 0.105. The predicted molar refractivity (Wildman–Crippen MR) is 101 cm³/mol. The number of hydrazone groups is 1. The highest BCUT2D eigenvalue weighted by Crippen LogP contribution is 2.09. The SMILES string of the molecule is CC(C=Cc1ccccc1)=NNC(=O)CNC(=O)c1ccc(Cl)cc1. The maximum Gasteiger partial charge on any atom is 0.259 e. The molecule has 0 spiro atoms. The van der Waals surface area contributed by atoms with Gasteiger partial charge in [0, 0.05) is 10.6 Å². The zero-order chi connectivity index (χ0) is 18.1. The molecule has 0 bridgehead atoms. The van der Waals surface area contributed by atoms with Crippen LogP contribution in [0.1, 0.15) is 22.8 Å². The Kier molecular flexibility index (Phi) is 6.92. The van der Waals surface area contributed by atoms with Gasteiger partial charge in [-0.15, -0.1) is 0 Å². The molecule has 0 aromatic heterocycles. The lowest BCUT2D eigenvalue weighted by Gasteiger charge is -2.04. The lowest BCUT2D eigenvalue weighted by atomic mass is 10.2. The lowest BCUT2D eigenvalue weighted by Crippen LogP contribution is -2.35. The van der Waals surface area contributed by atoms with Gasteiger partial charge in [0.2, 0.25) is 0 Å². The second-order valence-corrected chi connectivity index (χ2v) is 5.66. The maximum absolute atomic E-state index is 11.9. The van der Waals surface area contributed by atoms with E-state index in [1.54, 1.807) is 37.3 Å². The Morgan fingerprint density at radius 2 is 1.76 bits per heavy atom. The quantitative estimate of drug-likeness (QED) is 0.616. The van der Waals surface area contributed by atoms with Crippen LogP contribution in [0.4, 0.5) is 0 Å². The van der Waals surface area contributed by atoms with E-state index in [1.165, 1.54) is 0 Å². The fourth-order valence-corrected chi connectivity index (χ4v) is 2.00. The molecule has 0 atom stereocenters. The lowest BCUT2D eigenvalue weighted by molar-refractivity contribution is -0.120. The Labute approximate surface area is 151 Å². The first-order chi connectivity index (χ1) is 12.0. The van der Waals surface area contributed by atoms with Crippen LogP contribution in [0.25, 0.3) is 6.08 Å². The molecule has 2 aromatic carbocycles.